The molecule has 0 spiro atoms. The second-order valence-corrected chi connectivity index (χ2v) is 10.1. The first kappa shape index (κ1) is 30.9. The molecule has 1 saturated heterocycles. The van der Waals surface area contributed by atoms with Gasteiger partial charge in [-0.15, -0.1) is 0 Å². The quantitative estimate of drug-likeness (QED) is 0.137. The molecule has 0 aromatic heterocycles. The standard InChI is InChI=1S/C29H58O4/c1-2-3-4-5-6-7-8-9-10-11-12-13-17-20-25-32-28-22-21-26-33-29(28)27-31-24-19-16-14-15-18-23-30/h28-30H,2-27H2,1H3. The Kier molecular flexibility index (Phi) is 23.3. The Hall–Kier alpha value is -0.160. The minimum absolute atomic E-state index is 0.111. The summed E-state index contributed by atoms with van der Waals surface area (Å²) in [5.41, 5.74) is 0. The lowest BCUT2D eigenvalue weighted by molar-refractivity contribution is -0.131. The number of aliphatic hydroxyl groups is 1. The van der Waals surface area contributed by atoms with Gasteiger partial charge in [-0.25, -0.2) is 0 Å². The molecule has 0 bridgehead atoms. The Bertz CT molecular complexity index is 377. The van der Waals surface area contributed by atoms with Crippen LogP contribution in [0.5, 0.6) is 0 Å². The van der Waals surface area contributed by atoms with Crippen molar-refractivity contribution in [3.63, 3.8) is 0 Å². The molecule has 198 valence electrons. The second-order valence-electron chi connectivity index (χ2n) is 10.1. The Balaban J connectivity index is 1.88. The van der Waals surface area contributed by atoms with E-state index in [1.54, 1.807) is 0 Å². The monoisotopic (exact) mass is 470 g/mol. The lowest BCUT2D eigenvalue weighted by Crippen LogP contribution is -2.39. The third-order valence-corrected chi connectivity index (χ3v) is 6.94. The summed E-state index contributed by atoms with van der Waals surface area (Å²) in [6.45, 7) is 5.79. The molecule has 33 heavy (non-hydrogen) atoms. The van der Waals surface area contributed by atoms with Crippen LogP contribution in [0, 0.1) is 0 Å². The van der Waals surface area contributed by atoms with Gasteiger partial charge in [0.1, 0.15) is 6.10 Å². The molecule has 1 N–H and O–H groups in total. The molecule has 0 radical (unpaired) electrons. The summed E-state index contributed by atoms with van der Waals surface area (Å²) in [6, 6.07) is 0. The van der Waals surface area contributed by atoms with Crippen molar-refractivity contribution in [1.29, 1.82) is 0 Å². The molecule has 1 heterocycles. The van der Waals surface area contributed by atoms with Crippen LogP contribution >= 0.6 is 0 Å². The number of rotatable bonds is 25. The Morgan fingerprint density at radius 1 is 0.667 bits per heavy atom. The molecule has 0 saturated carbocycles. The average Bonchev–Trinajstić information content (AvgIpc) is 2.84. The summed E-state index contributed by atoms with van der Waals surface area (Å²) in [6.07, 6.45) is 27.5. The zero-order valence-corrected chi connectivity index (χ0v) is 22.2. The lowest BCUT2D eigenvalue weighted by atomic mass is 10.0. The van der Waals surface area contributed by atoms with Crippen molar-refractivity contribution in [3.8, 4) is 0 Å². The van der Waals surface area contributed by atoms with Crippen LogP contribution in [0.25, 0.3) is 0 Å². The molecule has 1 fully saturated rings. The van der Waals surface area contributed by atoms with Gasteiger partial charge in [0, 0.05) is 26.4 Å². The van der Waals surface area contributed by atoms with Gasteiger partial charge < -0.3 is 19.3 Å². The van der Waals surface area contributed by atoms with E-state index in [1.807, 2.05) is 0 Å². The van der Waals surface area contributed by atoms with Crippen molar-refractivity contribution in [2.24, 2.45) is 0 Å². The zero-order valence-electron chi connectivity index (χ0n) is 22.2. The third kappa shape index (κ3) is 19.8. The molecule has 4 nitrogen and oxygen atoms in total. The maximum absolute atomic E-state index is 8.81. The van der Waals surface area contributed by atoms with Crippen LogP contribution < -0.4 is 0 Å². The minimum Gasteiger partial charge on any atom is -0.396 e. The molecule has 0 aromatic rings. The van der Waals surface area contributed by atoms with E-state index in [0.29, 0.717) is 13.2 Å². The predicted molar refractivity (Wildman–Crippen MR) is 140 cm³/mol. The molecule has 4 heteroatoms. The van der Waals surface area contributed by atoms with Crippen LogP contribution in [0.3, 0.4) is 0 Å². The van der Waals surface area contributed by atoms with Gasteiger partial charge in [-0.2, -0.15) is 0 Å². The molecule has 1 aliphatic heterocycles. The summed E-state index contributed by atoms with van der Waals surface area (Å²) in [4.78, 5) is 0. The van der Waals surface area contributed by atoms with Gasteiger partial charge in [0.15, 0.2) is 0 Å². The average molecular weight is 471 g/mol. The molecular formula is C29H58O4. The number of hydrogen-bond acceptors (Lipinski definition) is 4. The lowest BCUT2D eigenvalue weighted by Gasteiger charge is -2.31. The van der Waals surface area contributed by atoms with Crippen molar-refractivity contribution in [2.75, 3.05) is 33.0 Å². The number of hydrogen-bond donors (Lipinski definition) is 1. The van der Waals surface area contributed by atoms with E-state index in [4.69, 9.17) is 19.3 Å². The largest absolute Gasteiger partial charge is 0.396 e. The minimum atomic E-state index is 0.111. The van der Waals surface area contributed by atoms with E-state index >= 15 is 0 Å². The SMILES string of the molecule is CCCCCCCCCCCCCCCCOC1CCCOC1COCCCCCCCO. The molecule has 0 amide bonds. The summed E-state index contributed by atoms with van der Waals surface area (Å²) >= 11 is 0. The normalized spacial score (nSPS) is 18.7. The maximum Gasteiger partial charge on any atom is 0.107 e. The maximum atomic E-state index is 8.81. The molecule has 2 unspecified atom stereocenters. The first-order valence-electron chi connectivity index (χ1n) is 14.8. The van der Waals surface area contributed by atoms with Gasteiger partial charge in [0.05, 0.1) is 12.7 Å². The van der Waals surface area contributed by atoms with E-state index in [1.165, 1.54) is 103 Å². The molecule has 0 aromatic carbocycles. The summed E-state index contributed by atoms with van der Waals surface area (Å²) in [5, 5.41) is 8.81. The van der Waals surface area contributed by atoms with Gasteiger partial charge in [-0.05, 0) is 32.1 Å². The Morgan fingerprint density at radius 3 is 1.76 bits per heavy atom. The Morgan fingerprint density at radius 2 is 1.18 bits per heavy atom. The zero-order chi connectivity index (χ0) is 23.7. The summed E-state index contributed by atoms with van der Waals surface area (Å²) in [5.74, 6) is 0. The fraction of sp³-hybridized carbons (Fsp3) is 1.00. The highest BCUT2D eigenvalue weighted by molar-refractivity contribution is 4.75. The molecular weight excluding hydrogens is 412 g/mol. The van der Waals surface area contributed by atoms with Crippen molar-refractivity contribution < 1.29 is 19.3 Å². The predicted octanol–water partition coefficient (Wildman–Crippen LogP) is 7.99. The van der Waals surface area contributed by atoms with Gasteiger partial charge in [-0.1, -0.05) is 110 Å². The van der Waals surface area contributed by atoms with Crippen LogP contribution in [0.15, 0.2) is 0 Å². The highest BCUT2D eigenvalue weighted by Gasteiger charge is 2.26. The van der Waals surface area contributed by atoms with Crippen LogP contribution in [0.4, 0.5) is 0 Å². The van der Waals surface area contributed by atoms with Crippen molar-refractivity contribution in [1.82, 2.24) is 0 Å². The van der Waals surface area contributed by atoms with E-state index in [-0.39, 0.29) is 12.2 Å². The Labute approximate surface area is 206 Å². The van der Waals surface area contributed by atoms with Crippen LogP contribution in [0.2, 0.25) is 0 Å². The van der Waals surface area contributed by atoms with Crippen molar-refractivity contribution in [2.45, 2.75) is 154 Å². The summed E-state index contributed by atoms with van der Waals surface area (Å²) in [7, 11) is 0. The van der Waals surface area contributed by atoms with Gasteiger partial charge in [-0.3, -0.25) is 0 Å². The first-order chi connectivity index (χ1) is 16.4. The van der Waals surface area contributed by atoms with Crippen molar-refractivity contribution in [3.05, 3.63) is 0 Å². The van der Waals surface area contributed by atoms with Gasteiger partial charge in [0.2, 0.25) is 0 Å². The highest BCUT2D eigenvalue weighted by Crippen LogP contribution is 2.19. The second kappa shape index (κ2) is 24.9. The fourth-order valence-corrected chi connectivity index (χ4v) is 4.74. The van der Waals surface area contributed by atoms with Gasteiger partial charge >= 0.3 is 0 Å². The third-order valence-electron chi connectivity index (χ3n) is 6.94. The molecule has 1 aliphatic rings. The number of aliphatic hydroxyl groups excluding tert-OH is 1. The van der Waals surface area contributed by atoms with E-state index in [9.17, 15) is 0 Å². The van der Waals surface area contributed by atoms with Gasteiger partial charge in [0.25, 0.3) is 0 Å². The number of ether oxygens (including phenoxy) is 3. The topological polar surface area (TPSA) is 47.9 Å². The first-order valence-corrected chi connectivity index (χ1v) is 14.8. The highest BCUT2D eigenvalue weighted by atomic mass is 16.6. The molecule has 1 rings (SSSR count). The van der Waals surface area contributed by atoms with E-state index in [2.05, 4.69) is 6.92 Å². The van der Waals surface area contributed by atoms with Crippen LogP contribution in [-0.4, -0.2) is 50.3 Å². The van der Waals surface area contributed by atoms with E-state index < -0.39 is 0 Å². The molecule has 2 atom stereocenters. The summed E-state index contributed by atoms with van der Waals surface area (Å²) < 4.78 is 18.0. The van der Waals surface area contributed by atoms with Crippen molar-refractivity contribution >= 4 is 0 Å². The smallest absolute Gasteiger partial charge is 0.107 e. The van der Waals surface area contributed by atoms with Crippen LogP contribution in [-0.2, 0) is 14.2 Å². The van der Waals surface area contributed by atoms with E-state index in [0.717, 1.165) is 51.9 Å². The molecule has 0 aliphatic carbocycles. The number of unbranched alkanes of at least 4 members (excludes halogenated alkanes) is 17. The van der Waals surface area contributed by atoms with Crippen LogP contribution in [0.1, 0.15) is 142 Å². The fourth-order valence-electron chi connectivity index (χ4n) is 4.74.